The number of rotatable bonds is 7. The molecule has 0 aromatic carbocycles. The molecule has 98 valence electrons. The Bertz CT molecular complexity index is 430. The number of aryl methyl sites for hydroxylation is 1. The van der Waals surface area contributed by atoms with Crippen LogP contribution in [0, 0.1) is 0 Å². The Labute approximate surface area is 108 Å². The van der Waals surface area contributed by atoms with Gasteiger partial charge in [0.15, 0.2) is 0 Å². The van der Waals surface area contributed by atoms with Crippen LogP contribution in [0.25, 0.3) is 0 Å². The van der Waals surface area contributed by atoms with Crippen LogP contribution in [0.3, 0.4) is 0 Å². The fraction of sp³-hybridized carbons (Fsp3) is 0.364. The van der Waals surface area contributed by atoms with Crippen molar-refractivity contribution in [3.8, 4) is 0 Å². The van der Waals surface area contributed by atoms with Crippen LogP contribution in [0.5, 0.6) is 0 Å². The molecule has 1 atom stereocenters. The molecular formula is C11H14N2O4S. The Balaban J connectivity index is 2.41. The lowest BCUT2D eigenvalue weighted by molar-refractivity contribution is -0.143. The minimum atomic E-state index is -1.27. The van der Waals surface area contributed by atoms with Crippen molar-refractivity contribution >= 4 is 29.1 Å². The number of carboxylic acids is 1. The number of amides is 2. The van der Waals surface area contributed by atoms with E-state index in [1.807, 2.05) is 17.5 Å². The van der Waals surface area contributed by atoms with Crippen molar-refractivity contribution < 1.29 is 19.5 Å². The number of hydrogen-bond acceptors (Lipinski definition) is 4. The topological polar surface area (TPSA) is 109 Å². The molecule has 1 aromatic heterocycles. The summed E-state index contributed by atoms with van der Waals surface area (Å²) in [5, 5.41) is 13.0. The molecule has 0 unspecified atom stereocenters. The molecule has 0 spiro atoms. The lowest BCUT2D eigenvalue weighted by atomic mass is 10.2. The maximum atomic E-state index is 11.5. The number of hydrogen-bond donors (Lipinski definition) is 3. The number of carbonyl (C=O) groups excluding carboxylic acids is 2. The molecule has 0 saturated carbocycles. The summed E-state index contributed by atoms with van der Waals surface area (Å²) in [6, 6.07) is 2.53. The van der Waals surface area contributed by atoms with Gasteiger partial charge in [-0.05, 0) is 17.9 Å². The van der Waals surface area contributed by atoms with E-state index in [1.165, 1.54) is 11.3 Å². The second-order valence-corrected chi connectivity index (χ2v) is 4.74. The number of primary amides is 1. The summed E-state index contributed by atoms with van der Waals surface area (Å²) in [6.07, 6.45) is 0.329. The standard InChI is InChI=1S/C11H14N2O4S/c12-9(14)6-8(11(16)17)13-10(15)4-3-7-2-1-5-18-7/h1-2,5,8H,3-4,6H2,(H2,12,14)(H,13,15)(H,16,17)/t8-/m0/s1. The van der Waals surface area contributed by atoms with Crippen LogP contribution in [0.2, 0.25) is 0 Å². The predicted octanol–water partition coefficient (Wildman–Crippen LogP) is 0.125. The van der Waals surface area contributed by atoms with Gasteiger partial charge in [0.1, 0.15) is 6.04 Å². The molecule has 0 aliphatic heterocycles. The van der Waals surface area contributed by atoms with Crippen LogP contribution in [-0.2, 0) is 20.8 Å². The van der Waals surface area contributed by atoms with Crippen molar-refractivity contribution in [1.29, 1.82) is 0 Å². The molecule has 1 heterocycles. The van der Waals surface area contributed by atoms with Gasteiger partial charge in [0, 0.05) is 11.3 Å². The van der Waals surface area contributed by atoms with Gasteiger partial charge in [-0.25, -0.2) is 4.79 Å². The van der Waals surface area contributed by atoms with Crippen molar-refractivity contribution in [3.63, 3.8) is 0 Å². The maximum absolute atomic E-state index is 11.5. The molecule has 1 aromatic rings. The maximum Gasteiger partial charge on any atom is 0.326 e. The highest BCUT2D eigenvalue weighted by Gasteiger charge is 2.21. The molecule has 18 heavy (non-hydrogen) atoms. The average molecular weight is 270 g/mol. The van der Waals surface area contributed by atoms with Crippen LogP contribution in [-0.4, -0.2) is 28.9 Å². The number of carbonyl (C=O) groups is 3. The highest BCUT2D eigenvalue weighted by Crippen LogP contribution is 2.10. The normalized spacial score (nSPS) is 11.8. The number of nitrogens with two attached hydrogens (primary N) is 1. The van der Waals surface area contributed by atoms with Gasteiger partial charge in [0.25, 0.3) is 0 Å². The lowest BCUT2D eigenvalue weighted by Gasteiger charge is -2.12. The van der Waals surface area contributed by atoms with Gasteiger partial charge in [-0.1, -0.05) is 6.07 Å². The zero-order chi connectivity index (χ0) is 13.5. The Kier molecular flexibility index (Phi) is 5.31. The molecule has 0 saturated heterocycles. The van der Waals surface area contributed by atoms with E-state index in [1.54, 1.807) is 0 Å². The molecule has 0 aliphatic carbocycles. The van der Waals surface area contributed by atoms with Crippen molar-refractivity contribution in [2.24, 2.45) is 5.73 Å². The number of thiophene rings is 1. The zero-order valence-corrected chi connectivity index (χ0v) is 10.4. The molecule has 0 aliphatic rings. The van der Waals surface area contributed by atoms with E-state index in [2.05, 4.69) is 5.32 Å². The first-order chi connectivity index (χ1) is 8.49. The second-order valence-electron chi connectivity index (χ2n) is 3.71. The van der Waals surface area contributed by atoms with Gasteiger partial charge in [0.05, 0.1) is 6.42 Å². The van der Waals surface area contributed by atoms with Crippen LogP contribution in [0.4, 0.5) is 0 Å². The fourth-order valence-electron chi connectivity index (χ4n) is 1.36. The molecule has 1 rings (SSSR count). The minimum absolute atomic E-state index is 0.184. The van der Waals surface area contributed by atoms with E-state index in [9.17, 15) is 14.4 Å². The first kappa shape index (κ1) is 14.2. The van der Waals surface area contributed by atoms with Crippen LogP contribution >= 0.6 is 11.3 Å². The van der Waals surface area contributed by atoms with Crippen LogP contribution < -0.4 is 11.1 Å². The smallest absolute Gasteiger partial charge is 0.326 e. The molecule has 0 radical (unpaired) electrons. The molecule has 7 heteroatoms. The quantitative estimate of drug-likeness (QED) is 0.654. The van der Waals surface area contributed by atoms with E-state index in [4.69, 9.17) is 10.8 Å². The Morgan fingerprint density at radius 3 is 2.67 bits per heavy atom. The number of aliphatic carboxylic acids is 1. The lowest BCUT2D eigenvalue weighted by Crippen LogP contribution is -2.43. The van der Waals surface area contributed by atoms with E-state index < -0.39 is 30.2 Å². The third-order valence-corrected chi connectivity index (χ3v) is 3.15. The summed E-state index contributed by atoms with van der Waals surface area (Å²) in [5.41, 5.74) is 4.91. The first-order valence-electron chi connectivity index (χ1n) is 5.32. The third-order valence-electron chi connectivity index (χ3n) is 2.22. The third kappa shape index (κ3) is 4.96. The van der Waals surface area contributed by atoms with Crippen molar-refractivity contribution in [2.45, 2.75) is 25.3 Å². The van der Waals surface area contributed by atoms with Gasteiger partial charge in [-0.15, -0.1) is 11.3 Å². The molecular weight excluding hydrogens is 256 g/mol. The van der Waals surface area contributed by atoms with Crippen molar-refractivity contribution in [2.75, 3.05) is 0 Å². The molecule has 2 amide bonds. The fourth-order valence-corrected chi connectivity index (χ4v) is 2.07. The highest BCUT2D eigenvalue weighted by molar-refractivity contribution is 7.09. The largest absolute Gasteiger partial charge is 0.480 e. The number of nitrogens with one attached hydrogen (secondary N) is 1. The first-order valence-corrected chi connectivity index (χ1v) is 6.20. The Hall–Kier alpha value is -1.89. The summed E-state index contributed by atoms with van der Waals surface area (Å²) in [5.74, 6) is -2.43. The molecule has 0 fully saturated rings. The SMILES string of the molecule is NC(=O)C[C@H](NC(=O)CCc1cccs1)C(=O)O. The van der Waals surface area contributed by atoms with Gasteiger partial charge in [-0.2, -0.15) is 0 Å². The van der Waals surface area contributed by atoms with Crippen LogP contribution in [0.15, 0.2) is 17.5 Å². The zero-order valence-electron chi connectivity index (χ0n) is 9.59. The van der Waals surface area contributed by atoms with Gasteiger partial charge in [-0.3, -0.25) is 9.59 Å². The summed E-state index contributed by atoms with van der Waals surface area (Å²) >= 11 is 1.53. The monoisotopic (exact) mass is 270 g/mol. The van der Waals surface area contributed by atoms with Gasteiger partial charge < -0.3 is 16.2 Å². The Morgan fingerprint density at radius 2 is 2.17 bits per heavy atom. The molecule has 6 nitrogen and oxygen atoms in total. The van der Waals surface area contributed by atoms with E-state index in [-0.39, 0.29) is 6.42 Å². The predicted molar refractivity (Wildman–Crippen MR) is 66.0 cm³/mol. The van der Waals surface area contributed by atoms with Crippen molar-refractivity contribution in [1.82, 2.24) is 5.32 Å². The summed E-state index contributed by atoms with van der Waals surface area (Å²) in [6.45, 7) is 0. The minimum Gasteiger partial charge on any atom is -0.480 e. The average Bonchev–Trinajstić information content (AvgIpc) is 2.77. The van der Waals surface area contributed by atoms with E-state index in [0.717, 1.165) is 4.88 Å². The summed E-state index contributed by atoms with van der Waals surface area (Å²) in [4.78, 5) is 34.0. The van der Waals surface area contributed by atoms with Gasteiger partial charge >= 0.3 is 5.97 Å². The van der Waals surface area contributed by atoms with Gasteiger partial charge in [0.2, 0.25) is 11.8 Å². The molecule has 0 bridgehead atoms. The summed E-state index contributed by atoms with van der Waals surface area (Å²) in [7, 11) is 0. The molecule has 4 N–H and O–H groups in total. The van der Waals surface area contributed by atoms with Crippen molar-refractivity contribution in [3.05, 3.63) is 22.4 Å². The second kappa shape index (κ2) is 6.75. The Morgan fingerprint density at radius 1 is 1.44 bits per heavy atom. The highest BCUT2D eigenvalue weighted by atomic mass is 32.1. The van der Waals surface area contributed by atoms with Crippen LogP contribution in [0.1, 0.15) is 17.7 Å². The number of carboxylic acid groups (broad SMARTS) is 1. The van der Waals surface area contributed by atoms with E-state index in [0.29, 0.717) is 6.42 Å². The van der Waals surface area contributed by atoms with E-state index >= 15 is 0 Å². The summed E-state index contributed by atoms with van der Waals surface area (Å²) < 4.78 is 0.